The Morgan fingerprint density at radius 3 is 2.67 bits per heavy atom. The SMILES string of the molecule is COc1ccc(N2CCCC3(CCN(C(C)C)C3)C2)cn1. The van der Waals surface area contributed by atoms with Gasteiger partial charge in [0.1, 0.15) is 0 Å². The van der Waals surface area contributed by atoms with E-state index < -0.39 is 0 Å². The Kier molecular flexibility index (Phi) is 4.07. The van der Waals surface area contributed by atoms with Gasteiger partial charge in [-0.25, -0.2) is 4.98 Å². The maximum atomic E-state index is 5.15. The summed E-state index contributed by atoms with van der Waals surface area (Å²) in [7, 11) is 1.66. The van der Waals surface area contributed by atoms with Gasteiger partial charge in [-0.15, -0.1) is 0 Å². The topological polar surface area (TPSA) is 28.6 Å². The molecule has 0 saturated carbocycles. The lowest BCUT2D eigenvalue weighted by Crippen LogP contribution is -2.45. The van der Waals surface area contributed by atoms with E-state index in [1.807, 2.05) is 12.3 Å². The van der Waals surface area contributed by atoms with E-state index in [0.717, 1.165) is 6.54 Å². The van der Waals surface area contributed by atoms with Gasteiger partial charge in [0, 0.05) is 37.2 Å². The average molecular weight is 289 g/mol. The molecule has 2 saturated heterocycles. The molecule has 4 nitrogen and oxygen atoms in total. The summed E-state index contributed by atoms with van der Waals surface area (Å²) in [4.78, 5) is 9.50. The molecular weight excluding hydrogens is 262 g/mol. The first-order valence-corrected chi connectivity index (χ1v) is 8.11. The van der Waals surface area contributed by atoms with Crippen LogP contribution in [0.15, 0.2) is 18.3 Å². The van der Waals surface area contributed by atoms with Gasteiger partial charge >= 0.3 is 0 Å². The highest BCUT2D eigenvalue weighted by Crippen LogP contribution is 2.40. The minimum Gasteiger partial charge on any atom is -0.481 e. The Bertz CT molecular complexity index is 473. The first-order valence-electron chi connectivity index (χ1n) is 8.11. The third-order valence-electron chi connectivity index (χ3n) is 5.15. The molecule has 1 aromatic rings. The minimum absolute atomic E-state index is 0.489. The lowest BCUT2D eigenvalue weighted by Gasteiger charge is -2.42. The predicted octanol–water partition coefficient (Wildman–Crippen LogP) is 2.79. The van der Waals surface area contributed by atoms with Crippen LogP contribution in [-0.4, -0.2) is 49.2 Å². The number of anilines is 1. The van der Waals surface area contributed by atoms with E-state index in [-0.39, 0.29) is 0 Å². The third kappa shape index (κ3) is 3.00. The van der Waals surface area contributed by atoms with Gasteiger partial charge in [0.15, 0.2) is 0 Å². The van der Waals surface area contributed by atoms with Gasteiger partial charge in [0.25, 0.3) is 0 Å². The Morgan fingerprint density at radius 2 is 2.05 bits per heavy atom. The molecule has 1 unspecified atom stereocenters. The molecule has 21 heavy (non-hydrogen) atoms. The van der Waals surface area contributed by atoms with E-state index in [1.54, 1.807) is 7.11 Å². The minimum atomic E-state index is 0.489. The Balaban J connectivity index is 1.71. The van der Waals surface area contributed by atoms with Crippen LogP contribution in [0, 0.1) is 5.41 Å². The second kappa shape index (κ2) is 5.84. The lowest BCUT2D eigenvalue weighted by molar-refractivity contribution is 0.198. The third-order valence-corrected chi connectivity index (χ3v) is 5.15. The molecule has 1 spiro atoms. The maximum absolute atomic E-state index is 5.15. The van der Waals surface area contributed by atoms with Crippen LogP contribution in [0.5, 0.6) is 5.88 Å². The molecule has 1 aromatic heterocycles. The number of hydrogen-bond donors (Lipinski definition) is 0. The van der Waals surface area contributed by atoms with Gasteiger partial charge in [-0.05, 0) is 45.7 Å². The fourth-order valence-corrected chi connectivity index (χ4v) is 3.85. The van der Waals surface area contributed by atoms with Gasteiger partial charge in [-0.2, -0.15) is 0 Å². The Hall–Kier alpha value is -1.29. The van der Waals surface area contributed by atoms with Crippen molar-refractivity contribution in [2.75, 3.05) is 38.2 Å². The van der Waals surface area contributed by atoms with Crippen molar-refractivity contribution >= 4 is 5.69 Å². The van der Waals surface area contributed by atoms with Crippen molar-refractivity contribution < 1.29 is 4.74 Å². The summed E-state index contributed by atoms with van der Waals surface area (Å²) in [5, 5.41) is 0. The highest BCUT2D eigenvalue weighted by molar-refractivity contribution is 5.46. The molecular formula is C17H27N3O. The highest BCUT2D eigenvalue weighted by Gasteiger charge is 2.41. The van der Waals surface area contributed by atoms with Crippen molar-refractivity contribution in [2.45, 2.75) is 39.2 Å². The van der Waals surface area contributed by atoms with E-state index >= 15 is 0 Å². The normalized spacial score (nSPS) is 26.8. The van der Waals surface area contributed by atoms with E-state index in [4.69, 9.17) is 4.74 Å². The number of hydrogen-bond acceptors (Lipinski definition) is 4. The molecule has 0 bridgehead atoms. The van der Waals surface area contributed by atoms with Gasteiger partial charge in [-0.3, -0.25) is 0 Å². The fraction of sp³-hybridized carbons (Fsp3) is 0.706. The largest absolute Gasteiger partial charge is 0.481 e. The summed E-state index contributed by atoms with van der Waals surface area (Å²) in [5.41, 5.74) is 1.72. The van der Waals surface area contributed by atoms with Crippen molar-refractivity contribution in [3.63, 3.8) is 0 Å². The van der Waals surface area contributed by atoms with Crippen molar-refractivity contribution in [1.82, 2.24) is 9.88 Å². The van der Waals surface area contributed by atoms with E-state index in [1.165, 1.54) is 44.6 Å². The van der Waals surface area contributed by atoms with Crippen molar-refractivity contribution in [1.29, 1.82) is 0 Å². The van der Waals surface area contributed by atoms with Crippen LogP contribution in [0.2, 0.25) is 0 Å². The van der Waals surface area contributed by atoms with Crippen LogP contribution in [0.25, 0.3) is 0 Å². The monoisotopic (exact) mass is 289 g/mol. The van der Waals surface area contributed by atoms with Gasteiger partial charge in [0.05, 0.1) is 19.0 Å². The number of pyridine rings is 1. The maximum Gasteiger partial charge on any atom is 0.213 e. The summed E-state index contributed by atoms with van der Waals surface area (Å²) in [6.07, 6.45) is 5.95. The van der Waals surface area contributed by atoms with Crippen LogP contribution in [0.3, 0.4) is 0 Å². The molecule has 0 amide bonds. The zero-order valence-electron chi connectivity index (χ0n) is 13.5. The molecule has 0 N–H and O–H groups in total. The standard InChI is InChI=1S/C17H27N3O/c1-14(2)19-10-8-17(12-19)7-4-9-20(13-17)15-5-6-16(21-3)18-11-15/h5-6,11,14H,4,7-10,12-13H2,1-3H3. The summed E-state index contributed by atoms with van der Waals surface area (Å²) in [5.74, 6) is 0.692. The zero-order valence-corrected chi connectivity index (χ0v) is 13.5. The molecule has 0 aromatic carbocycles. The predicted molar refractivity (Wildman–Crippen MR) is 86.0 cm³/mol. The number of likely N-dealkylation sites (tertiary alicyclic amines) is 1. The second-order valence-corrected chi connectivity index (χ2v) is 6.90. The Morgan fingerprint density at radius 1 is 1.19 bits per heavy atom. The molecule has 2 fully saturated rings. The average Bonchev–Trinajstić information content (AvgIpc) is 2.91. The molecule has 4 heteroatoms. The number of nitrogens with zero attached hydrogens (tertiary/aromatic N) is 3. The number of rotatable bonds is 3. The summed E-state index contributed by atoms with van der Waals surface area (Å²) in [6.45, 7) is 9.46. The Labute approximate surface area is 128 Å². The van der Waals surface area contributed by atoms with Gasteiger partial charge in [0.2, 0.25) is 5.88 Å². The van der Waals surface area contributed by atoms with Gasteiger partial charge in [-0.1, -0.05) is 0 Å². The van der Waals surface area contributed by atoms with Crippen LogP contribution >= 0.6 is 0 Å². The van der Waals surface area contributed by atoms with Crippen molar-refractivity contribution in [2.24, 2.45) is 5.41 Å². The van der Waals surface area contributed by atoms with Crippen LogP contribution in [0.1, 0.15) is 33.1 Å². The number of ether oxygens (including phenoxy) is 1. The van der Waals surface area contributed by atoms with Crippen LogP contribution in [0.4, 0.5) is 5.69 Å². The number of piperidine rings is 1. The first-order chi connectivity index (χ1) is 10.1. The number of aromatic nitrogens is 1. The van der Waals surface area contributed by atoms with Gasteiger partial charge < -0.3 is 14.5 Å². The molecule has 0 aliphatic carbocycles. The van der Waals surface area contributed by atoms with Crippen molar-refractivity contribution in [3.05, 3.63) is 18.3 Å². The lowest BCUT2D eigenvalue weighted by atomic mass is 9.79. The first kappa shape index (κ1) is 14.6. The molecule has 116 valence electrons. The zero-order chi connectivity index (χ0) is 14.9. The molecule has 2 aliphatic heterocycles. The summed E-state index contributed by atoms with van der Waals surface area (Å²) in [6, 6.07) is 4.77. The highest BCUT2D eigenvalue weighted by atomic mass is 16.5. The van der Waals surface area contributed by atoms with Crippen LogP contribution < -0.4 is 9.64 Å². The summed E-state index contributed by atoms with van der Waals surface area (Å²) >= 11 is 0. The van der Waals surface area contributed by atoms with E-state index in [0.29, 0.717) is 17.3 Å². The smallest absolute Gasteiger partial charge is 0.213 e. The molecule has 3 heterocycles. The quantitative estimate of drug-likeness (QED) is 0.855. The number of methoxy groups -OCH3 is 1. The van der Waals surface area contributed by atoms with Crippen molar-refractivity contribution in [3.8, 4) is 5.88 Å². The second-order valence-electron chi connectivity index (χ2n) is 6.90. The fourth-order valence-electron chi connectivity index (χ4n) is 3.85. The van der Waals surface area contributed by atoms with E-state index in [9.17, 15) is 0 Å². The molecule has 0 radical (unpaired) electrons. The molecule has 3 rings (SSSR count). The van der Waals surface area contributed by atoms with E-state index in [2.05, 4.69) is 34.7 Å². The van der Waals surface area contributed by atoms with Crippen LogP contribution in [-0.2, 0) is 0 Å². The molecule has 1 atom stereocenters. The molecule has 2 aliphatic rings. The summed E-state index contributed by atoms with van der Waals surface area (Å²) < 4.78 is 5.15.